The molecule has 0 unspecified atom stereocenters. The van der Waals surface area contributed by atoms with E-state index in [4.69, 9.17) is 0 Å². The molecule has 0 atom stereocenters. The molecular weight excluding hydrogens is 354 g/mol. The Kier molecular flexibility index (Phi) is 6.16. The van der Waals surface area contributed by atoms with Gasteiger partial charge in [-0.1, -0.05) is 25.1 Å². The fourth-order valence-electron chi connectivity index (χ4n) is 2.88. The minimum atomic E-state index is -0.213. The second-order valence-corrected chi connectivity index (χ2v) is 6.48. The predicted octanol–water partition coefficient (Wildman–Crippen LogP) is 3.07. The van der Waals surface area contributed by atoms with Crippen molar-refractivity contribution in [2.24, 2.45) is 0 Å². The van der Waals surface area contributed by atoms with Crippen LogP contribution in [0.15, 0.2) is 61.2 Å². The highest BCUT2D eigenvalue weighted by atomic mass is 16.2. The van der Waals surface area contributed by atoms with E-state index in [9.17, 15) is 9.59 Å². The molecule has 1 aromatic heterocycles. The van der Waals surface area contributed by atoms with Crippen molar-refractivity contribution in [1.29, 1.82) is 0 Å². The van der Waals surface area contributed by atoms with Gasteiger partial charge in [-0.05, 0) is 49.2 Å². The third kappa shape index (κ3) is 4.62. The van der Waals surface area contributed by atoms with Crippen molar-refractivity contribution >= 4 is 17.5 Å². The predicted molar refractivity (Wildman–Crippen MR) is 107 cm³/mol. The van der Waals surface area contributed by atoms with Crippen molar-refractivity contribution < 1.29 is 9.59 Å². The van der Waals surface area contributed by atoms with Gasteiger partial charge in [0, 0.05) is 17.8 Å². The van der Waals surface area contributed by atoms with Gasteiger partial charge in [0.15, 0.2) is 0 Å². The molecule has 7 nitrogen and oxygen atoms in total. The molecule has 2 aromatic carbocycles. The monoisotopic (exact) mass is 377 g/mol. The summed E-state index contributed by atoms with van der Waals surface area (Å²) in [5, 5.41) is 6.95. The number of aromatic nitrogens is 3. The molecule has 28 heavy (non-hydrogen) atoms. The lowest BCUT2D eigenvalue weighted by molar-refractivity contribution is -0.116. The zero-order chi connectivity index (χ0) is 19.9. The van der Waals surface area contributed by atoms with Crippen LogP contribution in [-0.2, 0) is 4.79 Å². The van der Waals surface area contributed by atoms with Crippen LogP contribution >= 0.6 is 0 Å². The smallest absolute Gasteiger partial charge is 0.254 e. The first-order valence-corrected chi connectivity index (χ1v) is 9.18. The normalized spacial score (nSPS) is 10.5. The van der Waals surface area contributed by atoms with Crippen molar-refractivity contribution in [3.63, 3.8) is 0 Å². The number of carbonyl (C=O) groups is 2. The van der Waals surface area contributed by atoms with E-state index >= 15 is 0 Å². The Hall–Kier alpha value is -3.48. The summed E-state index contributed by atoms with van der Waals surface area (Å²) in [5.74, 6) is -0.387. The third-order valence-corrected chi connectivity index (χ3v) is 4.33. The summed E-state index contributed by atoms with van der Waals surface area (Å²) in [6.07, 6.45) is 3.81. The number of para-hydroxylation sites is 1. The summed E-state index contributed by atoms with van der Waals surface area (Å²) in [4.78, 5) is 30.9. The van der Waals surface area contributed by atoms with Crippen molar-refractivity contribution in [3.05, 3.63) is 72.3 Å². The summed E-state index contributed by atoms with van der Waals surface area (Å²) in [6.45, 7) is 4.42. The number of hydrogen-bond donors (Lipinski definition) is 1. The topological polar surface area (TPSA) is 80.1 Å². The Morgan fingerprint density at radius 2 is 1.86 bits per heavy atom. The molecular formula is C21H23N5O2. The molecule has 3 rings (SSSR count). The standard InChI is InChI=1S/C21H23N5O2/c1-3-12-25(13-20(27)24-19-7-5-4-6-16(19)2)21(28)17-8-10-18(11-9-17)26-15-22-14-23-26/h4-11,14-15H,3,12-13H2,1-2H3,(H,24,27). The summed E-state index contributed by atoms with van der Waals surface area (Å²) in [7, 11) is 0. The molecule has 2 amide bonds. The zero-order valence-electron chi connectivity index (χ0n) is 16.0. The second kappa shape index (κ2) is 8.94. The molecule has 0 aliphatic rings. The number of benzene rings is 2. The van der Waals surface area contributed by atoms with Gasteiger partial charge in [0.05, 0.1) is 5.69 Å². The van der Waals surface area contributed by atoms with Gasteiger partial charge in [-0.2, -0.15) is 5.10 Å². The molecule has 0 aliphatic heterocycles. The Balaban J connectivity index is 1.69. The van der Waals surface area contributed by atoms with Gasteiger partial charge >= 0.3 is 0 Å². The lowest BCUT2D eigenvalue weighted by Gasteiger charge is -2.22. The first-order chi connectivity index (χ1) is 13.6. The van der Waals surface area contributed by atoms with Gasteiger partial charge in [-0.25, -0.2) is 9.67 Å². The number of carbonyl (C=O) groups excluding carboxylic acids is 2. The molecule has 7 heteroatoms. The first-order valence-electron chi connectivity index (χ1n) is 9.18. The second-order valence-electron chi connectivity index (χ2n) is 6.48. The highest BCUT2D eigenvalue weighted by Crippen LogP contribution is 2.14. The van der Waals surface area contributed by atoms with Gasteiger partial charge in [-0.3, -0.25) is 9.59 Å². The van der Waals surface area contributed by atoms with Crippen molar-refractivity contribution in [1.82, 2.24) is 19.7 Å². The lowest BCUT2D eigenvalue weighted by atomic mass is 10.1. The van der Waals surface area contributed by atoms with E-state index in [1.807, 2.05) is 38.1 Å². The van der Waals surface area contributed by atoms with Crippen LogP contribution in [0, 0.1) is 6.92 Å². The zero-order valence-corrected chi connectivity index (χ0v) is 16.0. The van der Waals surface area contributed by atoms with Crippen LogP contribution in [0.2, 0.25) is 0 Å². The Morgan fingerprint density at radius 1 is 1.11 bits per heavy atom. The highest BCUT2D eigenvalue weighted by molar-refractivity contribution is 5.99. The Morgan fingerprint density at radius 3 is 2.50 bits per heavy atom. The van der Waals surface area contributed by atoms with E-state index in [2.05, 4.69) is 15.4 Å². The van der Waals surface area contributed by atoms with Crippen LogP contribution in [0.3, 0.4) is 0 Å². The van der Waals surface area contributed by atoms with Crippen LogP contribution in [0.4, 0.5) is 5.69 Å². The summed E-state index contributed by atoms with van der Waals surface area (Å²) in [6, 6.07) is 14.7. The first kappa shape index (κ1) is 19.3. The van der Waals surface area contributed by atoms with Crippen LogP contribution < -0.4 is 5.32 Å². The summed E-state index contributed by atoms with van der Waals surface area (Å²) >= 11 is 0. The number of nitrogens with one attached hydrogen (secondary N) is 1. The minimum absolute atomic E-state index is 0.00579. The maximum atomic E-state index is 12.9. The Bertz CT molecular complexity index is 936. The Labute approximate surface area is 164 Å². The van der Waals surface area contributed by atoms with Crippen molar-refractivity contribution in [2.75, 3.05) is 18.4 Å². The molecule has 3 aromatic rings. The maximum Gasteiger partial charge on any atom is 0.254 e. The summed E-state index contributed by atoms with van der Waals surface area (Å²) < 4.78 is 1.62. The summed E-state index contributed by atoms with van der Waals surface area (Å²) in [5.41, 5.74) is 3.08. The highest BCUT2D eigenvalue weighted by Gasteiger charge is 2.18. The fraction of sp³-hybridized carbons (Fsp3) is 0.238. The molecule has 0 spiro atoms. The molecule has 0 bridgehead atoms. The SMILES string of the molecule is CCCN(CC(=O)Nc1ccccc1C)C(=O)c1ccc(-n2cncn2)cc1. The molecule has 0 saturated heterocycles. The average Bonchev–Trinajstić information content (AvgIpc) is 3.24. The van der Waals surface area contributed by atoms with Crippen LogP contribution in [0.25, 0.3) is 5.69 Å². The van der Waals surface area contributed by atoms with E-state index in [0.717, 1.165) is 23.4 Å². The number of hydrogen-bond acceptors (Lipinski definition) is 4. The van der Waals surface area contributed by atoms with E-state index < -0.39 is 0 Å². The molecule has 144 valence electrons. The van der Waals surface area contributed by atoms with Gasteiger partial charge in [0.1, 0.15) is 19.2 Å². The van der Waals surface area contributed by atoms with Gasteiger partial charge in [0.2, 0.25) is 5.91 Å². The largest absolute Gasteiger partial charge is 0.329 e. The van der Waals surface area contributed by atoms with E-state index in [0.29, 0.717) is 12.1 Å². The van der Waals surface area contributed by atoms with Crippen molar-refractivity contribution in [2.45, 2.75) is 20.3 Å². The van der Waals surface area contributed by atoms with E-state index in [1.54, 1.807) is 40.2 Å². The molecule has 1 heterocycles. The van der Waals surface area contributed by atoms with Crippen LogP contribution in [-0.4, -0.2) is 44.6 Å². The number of rotatable bonds is 7. The lowest BCUT2D eigenvalue weighted by Crippen LogP contribution is -2.38. The van der Waals surface area contributed by atoms with Gasteiger partial charge in [0.25, 0.3) is 5.91 Å². The molecule has 0 fully saturated rings. The molecule has 0 saturated carbocycles. The number of nitrogens with zero attached hydrogens (tertiary/aromatic N) is 4. The van der Waals surface area contributed by atoms with Crippen molar-refractivity contribution in [3.8, 4) is 5.69 Å². The molecule has 0 aliphatic carbocycles. The maximum absolute atomic E-state index is 12.9. The molecule has 0 radical (unpaired) electrons. The average molecular weight is 377 g/mol. The van der Waals surface area contributed by atoms with E-state index in [1.165, 1.54) is 6.33 Å². The number of anilines is 1. The number of aryl methyl sites for hydroxylation is 1. The van der Waals surface area contributed by atoms with Gasteiger partial charge < -0.3 is 10.2 Å². The van der Waals surface area contributed by atoms with E-state index in [-0.39, 0.29) is 18.4 Å². The quantitative estimate of drug-likeness (QED) is 0.686. The fourth-order valence-corrected chi connectivity index (χ4v) is 2.88. The number of amides is 2. The van der Waals surface area contributed by atoms with Crippen LogP contribution in [0.1, 0.15) is 29.3 Å². The molecule has 1 N–H and O–H groups in total. The van der Waals surface area contributed by atoms with Crippen LogP contribution in [0.5, 0.6) is 0 Å². The minimum Gasteiger partial charge on any atom is -0.329 e. The van der Waals surface area contributed by atoms with Gasteiger partial charge in [-0.15, -0.1) is 0 Å². The third-order valence-electron chi connectivity index (χ3n) is 4.33.